The van der Waals surface area contributed by atoms with Crippen LogP contribution in [0.15, 0.2) is 441 Å². The Morgan fingerprint density at radius 1 is 0.178 bits per heavy atom. The number of hydrogen-bond acceptors (Lipinski definition) is 3. The number of furan rings is 1. The zero-order valence-electron chi connectivity index (χ0n) is 78.8. The van der Waals surface area contributed by atoms with Crippen molar-refractivity contribution in [3.05, 3.63) is 437 Å². The number of anilines is 6. The summed E-state index contributed by atoms with van der Waals surface area (Å²) in [6.45, 7) is 28.8. The van der Waals surface area contributed by atoms with Crippen molar-refractivity contribution in [2.75, 3.05) is 9.80 Å². The SMILES string of the molecule is C[Si](C)(C)c1ccc(-c2ccc(N(c3ccc(-c4ccc([Si](C)(C)C)cc4)cc3)c3ccc(-c4ccc5c(c4)c4ccccc4n5-c4ccc5c6ccccc6c6ccccc6c5c4)cc3)cc2)cc1.C[Si](C)(C)c1ccc(-c2ccc(N(c3ccc(-c4ccc([Si](C)(C)C)cc4)cc3)c3ccc(-c4ccc5c(c4)c4ccccc4n5-c4cccc5c4oc4ccccc45)cc3)cc2)cc1. The van der Waals surface area contributed by atoms with Crippen molar-refractivity contribution < 1.29 is 4.42 Å². The van der Waals surface area contributed by atoms with Crippen molar-refractivity contribution >= 4 is 185 Å². The highest BCUT2D eigenvalue weighted by atomic mass is 28.3. The Morgan fingerprint density at radius 3 is 0.770 bits per heavy atom. The lowest BCUT2D eigenvalue weighted by molar-refractivity contribution is 0.666. The maximum Gasteiger partial charge on any atom is 0.159 e. The monoisotopic (exact) mass is 1800 g/mol. The minimum absolute atomic E-state index is 0.900. The molecule has 0 fully saturated rings. The van der Waals surface area contributed by atoms with E-state index in [0.717, 1.165) is 78.5 Å². The molecule has 3 aromatic heterocycles. The molecular formula is C126H108N4OSi4. The van der Waals surface area contributed by atoms with Gasteiger partial charge in [0.2, 0.25) is 0 Å². The number of fused-ring (bicyclic) bond motifs is 15. The molecule has 0 amide bonds. The van der Waals surface area contributed by atoms with Gasteiger partial charge in [0.15, 0.2) is 5.58 Å². The van der Waals surface area contributed by atoms with Crippen LogP contribution in [0, 0.1) is 0 Å². The summed E-state index contributed by atoms with van der Waals surface area (Å²) in [4.78, 5) is 4.75. The third-order valence-corrected chi connectivity index (χ3v) is 36.0. The number of hydrogen-bond donors (Lipinski definition) is 0. The molecule has 135 heavy (non-hydrogen) atoms. The second-order valence-electron chi connectivity index (χ2n) is 40.5. The number of aromatic nitrogens is 2. The molecule has 0 bridgehead atoms. The van der Waals surface area contributed by atoms with Crippen molar-refractivity contribution in [2.45, 2.75) is 78.6 Å². The van der Waals surface area contributed by atoms with E-state index < -0.39 is 32.3 Å². The van der Waals surface area contributed by atoms with Crippen LogP contribution in [0.2, 0.25) is 78.6 Å². The summed E-state index contributed by atoms with van der Waals surface area (Å²) >= 11 is 0. The fourth-order valence-electron chi connectivity index (χ4n) is 20.1. The molecule has 3 heterocycles. The summed E-state index contributed by atoms with van der Waals surface area (Å²) in [6, 6.07) is 162. The van der Waals surface area contributed by atoms with Crippen LogP contribution in [-0.4, -0.2) is 41.4 Å². The molecule has 0 aliphatic heterocycles. The van der Waals surface area contributed by atoms with Crippen molar-refractivity contribution in [1.29, 1.82) is 0 Å². The van der Waals surface area contributed by atoms with Crippen molar-refractivity contribution in [3.63, 3.8) is 0 Å². The Hall–Kier alpha value is -15.0. The Bertz CT molecular complexity index is 8190. The van der Waals surface area contributed by atoms with Gasteiger partial charge in [0.05, 0.1) is 60.0 Å². The first kappa shape index (κ1) is 85.5. The third-order valence-electron chi connectivity index (χ3n) is 27.7. The lowest BCUT2D eigenvalue weighted by Gasteiger charge is -2.26. The molecule has 23 rings (SSSR count). The van der Waals surface area contributed by atoms with E-state index in [0.29, 0.717) is 0 Å². The highest BCUT2D eigenvalue weighted by Gasteiger charge is 2.26. The highest BCUT2D eigenvalue weighted by Crippen LogP contribution is 2.46. The number of para-hydroxylation sites is 4. The lowest BCUT2D eigenvalue weighted by atomic mass is 9.94. The van der Waals surface area contributed by atoms with Gasteiger partial charge in [0, 0.05) is 72.1 Å². The van der Waals surface area contributed by atoms with Gasteiger partial charge in [-0.1, -0.05) is 403 Å². The van der Waals surface area contributed by atoms with Gasteiger partial charge in [-0.25, -0.2) is 0 Å². The van der Waals surface area contributed by atoms with Gasteiger partial charge in [0.25, 0.3) is 0 Å². The van der Waals surface area contributed by atoms with E-state index in [1.807, 2.05) is 6.07 Å². The van der Waals surface area contributed by atoms with Gasteiger partial charge >= 0.3 is 0 Å². The molecule has 0 aliphatic carbocycles. The van der Waals surface area contributed by atoms with E-state index in [1.165, 1.54) is 152 Å². The average Bonchev–Trinajstić information content (AvgIpc) is 1.63. The maximum atomic E-state index is 6.55. The first-order chi connectivity index (χ1) is 65.4. The Labute approximate surface area is 795 Å². The Kier molecular flexibility index (Phi) is 21.7. The van der Waals surface area contributed by atoms with Crippen LogP contribution in [0.25, 0.3) is 176 Å². The predicted molar refractivity (Wildman–Crippen MR) is 595 cm³/mol. The van der Waals surface area contributed by atoms with E-state index in [9.17, 15) is 0 Å². The van der Waals surface area contributed by atoms with E-state index in [1.54, 1.807) is 0 Å². The molecule has 0 N–H and O–H groups in total. The largest absolute Gasteiger partial charge is 0.454 e. The van der Waals surface area contributed by atoms with Crippen molar-refractivity contribution in [2.24, 2.45) is 0 Å². The smallest absolute Gasteiger partial charge is 0.159 e. The standard InChI is InChI=1S/C66H56N2Si2.C60H52N2OSi2/c1-69(2,3)55-37-25-47(26-38-55)45-19-30-51(31-20-45)67(52-32-21-46(22-33-52)48-27-39-56(40-28-48)70(4,5)6)53-34-23-49(24-35-53)50-29-42-66-64(43-50)62-17-11-12-18-65(62)68(66)54-36-41-61-59-15-8-7-13-57(59)58-14-9-10-16-60(58)63(61)44-54;1-64(2,3)50-35-24-43(25-36-50)41-18-29-47(30-19-41)61(48-31-20-42(21-32-48)44-26-37-51(38-27-44)65(4,5)6)49-33-22-45(23-34-49)46-28-39-57-55(40-46)52-12-7-9-15-56(52)62(57)58-16-11-14-54-53-13-8-10-17-59(53)63-60(54)58/h7-44H,1-6H3;7-40H,1-6H3. The first-order valence-electron chi connectivity index (χ1n) is 47.4. The summed E-state index contributed by atoms with van der Waals surface area (Å²) in [5.41, 5.74) is 29.9. The molecule has 23 aromatic rings. The second kappa shape index (κ2) is 34.3. The maximum absolute atomic E-state index is 6.55. The topological polar surface area (TPSA) is 29.5 Å². The van der Waals surface area contributed by atoms with E-state index in [4.69, 9.17) is 4.42 Å². The average molecular weight is 1810 g/mol. The van der Waals surface area contributed by atoms with Gasteiger partial charge in [0.1, 0.15) is 5.58 Å². The molecule has 0 saturated heterocycles. The summed E-state index contributed by atoms with van der Waals surface area (Å²) in [6.07, 6.45) is 0. The van der Waals surface area contributed by atoms with Crippen LogP contribution in [0.1, 0.15) is 0 Å². The molecule has 0 radical (unpaired) electrons. The molecule has 0 saturated carbocycles. The van der Waals surface area contributed by atoms with E-state index in [2.05, 4.69) is 528 Å². The summed E-state index contributed by atoms with van der Waals surface area (Å²) in [7, 11) is -5.52. The minimum Gasteiger partial charge on any atom is -0.454 e. The third kappa shape index (κ3) is 16.2. The number of benzene rings is 20. The Balaban J connectivity index is 0.000000157. The fraction of sp³-hybridized carbons (Fsp3) is 0.0952. The van der Waals surface area contributed by atoms with Gasteiger partial charge in [-0.15, -0.1) is 0 Å². The molecule has 0 atom stereocenters. The fourth-order valence-corrected chi connectivity index (χ4v) is 24.8. The molecule has 0 spiro atoms. The second-order valence-corrected chi connectivity index (χ2v) is 60.8. The normalized spacial score (nSPS) is 12.1. The summed E-state index contributed by atoms with van der Waals surface area (Å²) < 4.78 is 11.4. The summed E-state index contributed by atoms with van der Waals surface area (Å²) in [5.74, 6) is 0. The Morgan fingerprint density at radius 2 is 0.430 bits per heavy atom. The number of nitrogens with zero attached hydrogens (tertiary/aromatic N) is 4. The molecular weight excluding hydrogens is 1700 g/mol. The lowest BCUT2D eigenvalue weighted by Crippen LogP contribution is -2.37. The molecule has 0 aliphatic rings. The van der Waals surface area contributed by atoms with Crippen LogP contribution in [0.4, 0.5) is 34.1 Å². The van der Waals surface area contributed by atoms with Crippen LogP contribution >= 0.6 is 0 Å². The van der Waals surface area contributed by atoms with Gasteiger partial charge < -0.3 is 23.4 Å². The quantitative estimate of drug-likeness (QED) is 0.0633. The van der Waals surface area contributed by atoms with Gasteiger partial charge in [-0.05, 0) is 233 Å². The van der Waals surface area contributed by atoms with Crippen LogP contribution in [0.3, 0.4) is 0 Å². The van der Waals surface area contributed by atoms with Crippen LogP contribution < -0.4 is 30.5 Å². The molecule has 9 heteroatoms. The van der Waals surface area contributed by atoms with Crippen molar-refractivity contribution in [3.8, 4) is 78.1 Å². The van der Waals surface area contributed by atoms with Crippen molar-refractivity contribution in [1.82, 2.24) is 9.13 Å². The molecule has 0 unspecified atom stereocenters. The molecule has 20 aromatic carbocycles. The van der Waals surface area contributed by atoms with Gasteiger partial charge in [-0.3, -0.25) is 0 Å². The molecule has 5 nitrogen and oxygen atoms in total. The van der Waals surface area contributed by atoms with E-state index in [-0.39, 0.29) is 0 Å². The molecule has 654 valence electrons. The van der Waals surface area contributed by atoms with Gasteiger partial charge in [-0.2, -0.15) is 0 Å². The summed E-state index contributed by atoms with van der Waals surface area (Å²) in [5, 5.41) is 20.8. The van der Waals surface area contributed by atoms with Crippen LogP contribution in [-0.2, 0) is 0 Å². The number of rotatable bonds is 18. The first-order valence-corrected chi connectivity index (χ1v) is 61.4. The minimum atomic E-state index is -1.38. The zero-order chi connectivity index (χ0) is 92.2. The highest BCUT2D eigenvalue weighted by molar-refractivity contribution is 6.90. The zero-order valence-corrected chi connectivity index (χ0v) is 82.8. The predicted octanol–water partition coefficient (Wildman–Crippen LogP) is 34.0. The van der Waals surface area contributed by atoms with Crippen LogP contribution in [0.5, 0.6) is 0 Å². The van der Waals surface area contributed by atoms with E-state index >= 15 is 0 Å².